The van der Waals surface area contributed by atoms with Gasteiger partial charge in [-0.15, -0.1) is 0 Å². The van der Waals surface area contributed by atoms with Gasteiger partial charge in [-0.25, -0.2) is 15.0 Å². The number of aryl methyl sites for hydroxylation is 1. The van der Waals surface area contributed by atoms with Crippen LogP contribution in [0.25, 0.3) is 11.5 Å². The quantitative estimate of drug-likeness (QED) is 0.936. The summed E-state index contributed by atoms with van der Waals surface area (Å²) in [5, 5.41) is 3.17. The summed E-state index contributed by atoms with van der Waals surface area (Å²) in [6.45, 7) is 11.5. The average Bonchev–Trinajstić information content (AvgIpc) is 2.86. The Labute approximate surface area is 126 Å². The molecule has 0 radical (unpaired) electrons. The van der Waals surface area contributed by atoms with Gasteiger partial charge in [0.2, 0.25) is 0 Å². The van der Waals surface area contributed by atoms with Crippen molar-refractivity contribution < 1.29 is 0 Å². The Hall–Kier alpha value is -1.91. The molecule has 0 saturated carbocycles. The number of imidazole rings is 1. The van der Waals surface area contributed by atoms with E-state index < -0.39 is 0 Å². The Morgan fingerprint density at radius 3 is 2.52 bits per heavy atom. The van der Waals surface area contributed by atoms with E-state index in [0.29, 0.717) is 0 Å². The van der Waals surface area contributed by atoms with Crippen LogP contribution in [0.15, 0.2) is 12.4 Å². The Bertz CT molecular complexity index is 622. The van der Waals surface area contributed by atoms with Crippen LogP contribution in [0.3, 0.4) is 0 Å². The van der Waals surface area contributed by atoms with Crippen molar-refractivity contribution in [2.45, 2.75) is 53.0 Å². The van der Waals surface area contributed by atoms with E-state index in [1.807, 2.05) is 26.4 Å². The number of hydrogen-bond donors (Lipinski definition) is 1. The highest BCUT2D eigenvalue weighted by Crippen LogP contribution is 2.28. The van der Waals surface area contributed by atoms with Crippen LogP contribution in [0.4, 0.5) is 5.82 Å². The SMILES string of the molecule is CCCn1ccnc1-c1nc(C(C)(C)C)nc(NC)c1C. The van der Waals surface area contributed by atoms with E-state index >= 15 is 0 Å². The lowest BCUT2D eigenvalue weighted by Crippen LogP contribution is -2.19. The molecular weight excluding hydrogens is 262 g/mol. The summed E-state index contributed by atoms with van der Waals surface area (Å²) in [6.07, 6.45) is 4.91. The summed E-state index contributed by atoms with van der Waals surface area (Å²) in [5.74, 6) is 2.62. The van der Waals surface area contributed by atoms with Gasteiger partial charge in [0, 0.05) is 37.0 Å². The van der Waals surface area contributed by atoms with Gasteiger partial charge in [0.1, 0.15) is 17.3 Å². The summed E-state index contributed by atoms with van der Waals surface area (Å²) in [5.41, 5.74) is 1.85. The first-order chi connectivity index (χ1) is 9.88. The van der Waals surface area contributed by atoms with Gasteiger partial charge < -0.3 is 9.88 Å². The number of nitrogens with one attached hydrogen (secondary N) is 1. The average molecular weight is 287 g/mol. The zero-order valence-corrected chi connectivity index (χ0v) is 13.9. The molecule has 0 unspecified atom stereocenters. The third kappa shape index (κ3) is 3.06. The van der Waals surface area contributed by atoms with E-state index in [1.165, 1.54) is 0 Å². The van der Waals surface area contributed by atoms with Crippen molar-refractivity contribution in [2.24, 2.45) is 0 Å². The van der Waals surface area contributed by atoms with Crippen molar-refractivity contribution in [1.82, 2.24) is 19.5 Å². The third-order valence-corrected chi connectivity index (χ3v) is 3.45. The van der Waals surface area contributed by atoms with Gasteiger partial charge >= 0.3 is 0 Å². The molecule has 2 aromatic heterocycles. The molecule has 114 valence electrons. The van der Waals surface area contributed by atoms with Gasteiger partial charge in [0.05, 0.1) is 0 Å². The maximum absolute atomic E-state index is 4.80. The molecule has 0 fully saturated rings. The van der Waals surface area contributed by atoms with Crippen molar-refractivity contribution in [3.63, 3.8) is 0 Å². The van der Waals surface area contributed by atoms with Gasteiger partial charge in [0.25, 0.3) is 0 Å². The van der Waals surface area contributed by atoms with Crippen molar-refractivity contribution in [1.29, 1.82) is 0 Å². The molecule has 5 nitrogen and oxygen atoms in total. The van der Waals surface area contributed by atoms with Crippen LogP contribution in [0.2, 0.25) is 0 Å². The Kier molecular flexibility index (Phi) is 4.30. The smallest absolute Gasteiger partial charge is 0.159 e. The van der Waals surface area contributed by atoms with Gasteiger partial charge in [-0.3, -0.25) is 0 Å². The molecule has 0 aliphatic rings. The molecule has 1 N–H and O–H groups in total. The first-order valence-corrected chi connectivity index (χ1v) is 7.46. The molecule has 0 amide bonds. The molecule has 0 spiro atoms. The monoisotopic (exact) mass is 287 g/mol. The predicted octanol–water partition coefficient (Wildman–Crippen LogP) is 3.40. The standard InChI is InChI=1S/C16H25N5/c1-7-9-21-10-8-18-14(21)12-11(2)13(17-6)20-15(19-12)16(3,4)5/h8,10H,7,9H2,1-6H3,(H,17,19,20). The molecule has 0 aromatic carbocycles. The highest BCUT2D eigenvalue weighted by atomic mass is 15.1. The second-order valence-electron chi connectivity index (χ2n) is 6.31. The lowest BCUT2D eigenvalue weighted by atomic mass is 9.95. The minimum absolute atomic E-state index is 0.101. The second kappa shape index (κ2) is 5.84. The summed E-state index contributed by atoms with van der Waals surface area (Å²) >= 11 is 0. The Morgan fingerprint density at radius 1 is 1.24 bits per heavy atom. The highest BCUT2D eigenvalue weighted by Gasteiger charge is 2.22. The fourth-order valence-electron chi connectivity index (χ4n) is 2.26. The fraction of sp³-hybridized carbons (Fsp3) is 0.562. The van der Waals surface area contributed by atoms with E-state index in [0.717, 1.165) is 41.7 Å². The first-order valence-electron chi connectivity index (χ1n) is 7.46. The molecule has 0 bridgehead atoms. The van der Waals surface area contributed by atoms with E-state index in [2.05, 4.69) is 47.5 Å². The van der Waals surface area contributed by atoms with Crippen LogP contribution in [-0.4, -0.2) is 26.6 Å². The van der Waals surface area contributed by atoms with Gasteiger partial charge in [-0.1, -0.05) is 27.7 Å². The Balaban J connectivity index is 2.64. The molecule has 0 saturated heterocycles. The molecule has 5 heteroatoms. The second-order valence-corrected chi connectivity index (χ2v) is 6.31. The minimum Gasteiger partial charge on any atom is -0.373 e. The molecule has 21 heavy (non-hydrogen) atoms. The largest absolute Gasteiger partial charge is 0.373 e. The number of aromatic nitrogens is 4. The minimum atomic E-state index is -0.101. The molecule has 2 heterocycles. The lowest BCUT2D eigenvalue weighted by Gasteiger charge is -2.20. The van der Waals surface area contributed by atoms with Crippen LogP contribution in [0.5, 0.6) is 0 Å². The zero-order valence-electron chi connectivity index (χ0n) is 13.9. The zero-order chi connectivity index (χ0) is 15.6. The topological polar surface area (TPSA) is 55.6 Å². The van der Waals surface area contributed by atoms with E-state index in [4.69, 9.17) is 4.98 Å². The van der Waals surface area contributed by atoms with Crippen LogP contribution in [-0.2, 0) is 12.0 Å². The van der Waals surface area contributed by atoms with Crippen LogP contribution in [0, 0.1) is 6.92 Å². The summed E-state index contributed by atoms with van der Waals surface area (Å²) in [4.78, 5) is 14.0. The number of rotatable bonds is 4. The number of nitrogens with zero attached hydrogens (tertiary/aromatic N) is 4. The number of anilines is 1. The Morgan fingerprint density at radius 2 is 1.95 bits per heavy atom. The van der Waals surface area contributed by atoms with E-state index in [1.54, 1.807) is 0 Å². The first kappa shape index (κ1) is 15.5. The normalized spacial score (nSPS) is 11.7. The van der Waals surface area contributed by atoms with Crippen LogP contribution < -0.4 is 5.32 Å². The fourth-order valence-corrected chi connectivity index (χ4v) is 2.26. The summed E-state index contributed by atoms with van der Waals surface area (Å²) in [6, 6.07) is 0. The molecule has 0 atom stereocenters. The number of hydrogen-bond acceptors (Lipinski definition) is 4. The maximum Gasteiger partial charge on any atom is 0.159 e. The van der Waals surface area contributed by atoms with E-state index in [9.17, 15) is 0 Å². The summed E-state index contributed by atoms with van der Waals surface area (Å²) in [7, 11) is 1.89. The predicted molar refractivity (Wildman–Crippen MR) is 86.5 cm³/mol. The molecular formula is C16H25N5. The third-order valence-electron chi connectivity index (χ3n) is 3.45. The van der Waals surface area contributed by atoms with Gasteiger partial charge in [0.15, 0.2) is 5.82 Å². The molecule has 2 rings (SSSR count). The molecule has 2 aromatic rings. The highest BCUT2D eigenvalue weighted by molar-refractivity contribution is 5.63. The van der Waals surface area contributed by atoms with Crippen LogP contribution in [0.1, 0.15) is 45.5 Å². The van der Waals surface area contributed by atoms with Crippen molar-refractivity contribution >= 4 is 5.82 Å². The summed E-state index contributed by atoms with van der Waals surface area (Å²) < 4.78 is 2.15. The maximum atomic E-state index is 4.80. The molecule has 0 aliphatic heterocycles. The van der Waals surface area contributed by atoms with Crippen LogP contribution >= 0.6 is 0 Å². The van der Waals surface area contributed by atoms with Gasteiger partial charge in [-0.2, -0.15) is 0 Å². The van der Waals surface area contributed by atoms with Gasteiger partial charge in [-0.05, 0) is 13.3 Å². The van der Waals surface area contributed by atoms with Crippen molar-refractivity contribution in [3.8, 4) is 11.5 Å². The van der Waals surface area contributed by atoms with Crippen molar-refractivity contribution in [3.05, 3.63) is 23.8 Å². The molecule has 0 aliphatic carbocycles. The lowest BCUT2D eigenvalue weighted by molar-refractivity contribution is 0.545. The van der Waals surface area contributed by atoms with Crippen molar-refractivity contribution in [2.75, 3.05) is 12.4 Å². The van der Waals surface area contributed by atoms with E-state index in [-0.39, 0.29) is 5.41 Å².